The van der Waals surface area contributed by atoms with Crippen LogP contribution in [0.5, 0.6) is 0 Å². The van der Waals surface area contributed by atoms with Crippen LogP contribution in [0.3, 0.4) is 0 Å². The Morgan fingerprint density at radius 2 is 1.19 bits per heavy atom. The topological polar surface area (TPSA) is 108 Å². The molecule has 0 aromatic heterocycles. The fourth-order valence-electron chi connectivity index (χ4n) is 2.97. The third kappa shape index (κ3) is 4.92. The summed E-state index contributed by atoms with van der Waals surface area (Å²) in [5.74, 6) is 0.621. The highest BCUT2D eigenvalue weighted by atomic mass is 35.5. The molecule has 0 aliphatic carbocycles. The normalized spacial score (nSPS) is 13.1. The van der Waals surface area contributed by atoms with Crippen LogP contribution in [0, 0.1) is 0 Å². The van der Waals surface area contributed by atoms with Crippen LogP contribution in [-0.2, 0) is 0 Å². The Bertz CT molecular complexity index is 1230. The van der Waals surface area contributed by atoms with Crippen LogP contribution < -0.4 is 11.5 Å². The lowest BCUT2D eigenvalue weighted by molar-refractivity contribution is 0.611. The van der Waals surface area contributed by atoms with Crippen molar-refractivity contribution >= 4 is 57.5 Å². The van der Waals surface area contributed by atoms with Gasteiger partial charge in [0.05, 0.1) is 12.4 Å². The van der Waals surface area contributed by atoms with Crippen molar-refractivity contribution in [3.63, 3.8) is 0 Å². The Balaban J connectivity index is 2.28. The van der Waals surface area contributed by atoms with Crippen molar-refractivity contribution in [3.8, 4) is 0 Å². The summed E-state index contributed by atoms with van der Waals surface area (Å²) >= 11 is 6.32. The van der Waals surface area contributed by atoms with Gasteiger partial charge in [-0.05, 0) is 33.7 Å². The first kappa shape index (κ1) is 22.0. The zero-order chi connectivity index (χ0) is 22.5. The van der Waals surface area contributed by atoms with E-state index in [0.717, 1.165) is 32.7 Å². The van der Waals surface area contributed by atoms with Gasteiger partial charge in [-0.3, -0.25) is 0 Å². The number of fused-ring (bicyclic) bond motifs is 2. The van der Waals surface area contributed by atoms with Crippen molar-refractivity contribution in [1.82, 2.24) is 9.80 Å². The molecule has 0 bridgehead atoms. The first-order valence-electron chi connectivity index (χ1n) is 9.51. The van der Waals surface area contributed by atoms with Gasteiger partial charge in [0, 0.05) is 44.3 Å². The molecular weight excluding hydrogens is 412 g/mol. The van der Waals surface area contributed by atoms with Gasteiger partial charge in [0.2, 0.25) is 11.9 Å². The molecule has 0 fully saturated rings. The zero-order valence-electron chi connectivity index (χ0n) is 17.9. The SMILES string of the molecule is CN(C)C(N)=NN=Cc1c2ccccc2c(C=NN=C(N)N(C)C)c2cc(Cl)ccc12. The minimum atomic E-state index is 0.308. The van der Waals surface area contributed by atoms with Crippen LogP contribution in [0.1, 0.15) is 11.1 Å². The van der Waals surface area contributed by atoms with Crippen molar-refractivity contribution in [2.75, 3.05) is 28.2 Å². The second kappa shape index (κ2) is 9.44. The summed E-state index contributed by atoms with van der Waals surface area (Å²) in [4.78, 5) is 3.37. The zero-order valence-corrected chi connectivity index (χ0v) is 18.7. The Kier molecular flexibility index (Phi) is 6.71. The average Bonchev–Trinajstić information content (AvgIpc) is 2.74. The van der Waals surface area contributed by atoms with Gasteiger partial charge in [-0.1, -0.05) is 41.9 Å². The van der Waals surface area contributed by atoms with Crippen LogP contribution in [0.15, 0.2) is 62.9 Å². The van der Waals surface area contributed by atoms with E-state index in [4.69, 9.17) is 23.1 Å². The van der Waals surface area contributed by atoms with E-state index in [2.05, 4.69) is 20.4 Å². The Morgan fingerprint density at radius 3 is 1.68 bits per heavy atom. The molecule has 0 unspecified atom stereocenters. The third-order valence-electron chi connectivity index (χ3n) is 4.68. The molecule has 3 aromatic carbocycles. The molecule has 160 valence electrons. The summed E-state index contributed by atoms with van der Waals surface area (Å²) in [6.07, 6.45) is 3.40. The van der Waals surface area contributed by atoms with Crippen LogP contribution in [0.2, 0.25) is 5.02 Å². The van der Waals surface area contributed by atoms with E-state index in [9.17, 15) is 0 Å². The Labute approximate surface area is 186 Å². The van der Waals surface area contributed by atoms with Crippen LogP contribution in [0.4, 0.5) is 0 Å². The van der Waals surface area contributed by atoms with Crippen molar-refractivity contribution in [2.45, 2.75) is 0 Å². The minimum absolute atomic E-state index is 0.308. The van der Waals surface area contributed by atoms with Crippen molar-refractivity contribution in [2.24, 2.45) is 31.9 Å². The maximum Gasteiger partial charge on any atom is 0.215 e. The van der Waals surface area contributed by atoms with E-state index >= 15 is 0 Å². The Morgan fingerprint density at radius 1 is 0.742 bits per heavy atom. The van der Waals surface area contributed by atoms with E-state index in [0.29, 0.717) is 16.9 Å². The Hall–Kier alpha value is -3.65. The lowest BCUT2D eigenvalue weighted by Crippen LogP contribution is -2.29. The van der Waals surface area contributed by atoms with E-state index < -0.39 is 0 Å². The number of hydrogen-bond donors (Lipinski definition) is 2. The summed E-state index contributed by atoms with van der Waals surface area (Å²) in [5.41, 5.74) is 13.5. The molecule has 31 heavy (non-hydrogen) atoms. The van der Waals surface area contributed by atoms with Gasteiger partial charge in [0.15, 0.2) is 0 Å². The molecule has 0 heterocycles. The third-order valence-corrected chi connectivity index (χ3v) is 4.91. The predicted octanol–water partition coefficient (Wildman–Crippen LogP) is 3.07. The number of nitrogens with two attached hydrogens (primary N) is 2. The average molecular weight is 437 g/mol. The highest BCUT2D eigenvalue weighted by Crippen LogP contribution is 2.33. The first-order valence-corrected chi connectivity index (χ1v) is 9.89. The van der Waals surface area contributed by atoms with Gasteiger partial charge in [0.25, 0.3) is 0 Å². The maximum atomic E-state index is 6.32. The molecule has 0 radical (unpaired) electrons. The molecule has 3 rings (SSSR count). The van der Waals surface area contributed by atoms with Gasteiger partial charge in [-0.15, -0.1) is 10.2 Å². The number of nitrogens with zero attached hydrogens (tertiary/aromatic N) is 6. The van der Waals surface area contributed by atoms with E-state index in [1.54, 1.807) is 50.4 Å². The molecule has 0 amide bonds. The number of hydrogen-bond acceptors (Lipinski definition) is 4. The quantitative estimate of drug-likeness (QED) is 0.283. The molecule has 0 saturated carbocycles. The van der Waals surface area contributed by atoms with Gasteiger partial charge in [-0.2, -0.15) is 10.2 Å². The smallest absolute Gasteiger partial charge is 0.215 e. The highest BCUT2D eigenvalue weighted by molar-refractivity contribution is 6.32. The molecule has 0 aliphatic rings. The van der Waals surface area contributed by atoms with E-state index in [1.165, 1.54) is 0 Å². The standard InChI is InChI=1S/C22H25ClN8/c1-30(2)21(24)28-26-12-19-15-7-5-6-8-16(15)20(13-27-29-22(25)31(3)4)18-11-14(23)9-10-17(18)19/h5-13H,1-4H3,(H2,24,28)(H2,25,29). The van der Waals surface area contributed by atoms with E-state index in [1.807, 2.05) is 42.5 Å². The fraction of sp³-hybridized carbons (Fsp3) is 0.182. The molecule has 0 spiro atoms. The van der Waals surface area contributed by atoms with Gasteiger partial charge in [-0.25, -0.2) is 0 Å². The van der Waals surface area contributed by atoms with E-state index in [-0.39, 0.29) is 0 Å². The summed E-state index contributed by atoms with van der Waals surface area (Å²) in [6.45, 7) is 0. The molecule has 0 atom stereocenters. The highest BCUT2D eigenvalue weighted by Gasteiger charge is 2.12. The molecule has 4 N–H and O–H groups in total. The van der Waals surface area contributed by atoms with Crippen LogP contribution in [0.25, 0.3) is 21.5 Å². The van der Waals surface area contributed by atoms with Crippen LogP contribution >= 0.6 is 11.6 Å². The maximum absolute atomic E-state index is 6.32. The second-order valence-electron chi connectivity index (χ2n) is 7.26. The second-order valence-corrected chi connectivity index (χ2v) is 7.69. The van der Waals surface area contributed by atoms with Crippen molar-refractivity contribution < 1.29 is 0 Å². The van der Waals surface area contributed by atoms with Crippen LogP contribution in [-0.4, -0.2) is 62.3 Å². The first-order chi connectivity index (χ1) is 14.8. The van der Waals surface area contributed by atoms with Gasteiger partial charge in [0.1, 0.15) is 0 Å². The predicted molar refractivity (Wildman–Crippen MR) is 132 cm³/mol. The lowest BCUT2D eigenvalue weighted by atomic mass is 9.92. The number of benzene rings is 3. The molecule has 0 aliphatic heterocycles. The molecule has 9 heteroatoms. The molecule has 0 saturated heterocycles. The van der Waals surface area contributed by atoms with Gasteiger partial charge < -0.3 is 21.3 Å². The van der Waals surface area contributed by atoms with Gasteiger partial charge >= 0.3 is 0 Å². The number of guanidine groups is 2. The fourth-order valence-corrected chi connectivity index (χ4v) is 3.14. The lowest BCUT2D eigenvalue weighted by Gasteiger charge is -2.12. The summed E-state index contributed by atoms with van der Waals surface area (Å²) in [5, 5.41) is 21.0. The minimum Gasteiger partial charge on any atom is -0.368 e. The largest absolute Gasteiger partial charge is 0.368 e. The summed E-state index contributed by atoms with van der Waals surface area (Å²) in [6, 6.07) is 13.7. The summed E-state index contributed by atoms with van der Waals surface area (Å²) in [7, 11) is 7.22. The molecular formula is C22H25ClN8. The van der Waals surface area contributed by atoms with Crippen molar-refractivity contribution in [3.05, 3.63) is 58.6 Å². The monoisotopic (exact) mass is 436 g/mol. The van der Waals surface area contributed by atoms with Crippen molar-refractivity contribution in [1.29, 1.82) is 0 Å². The number of rotatable bonds is 4. The molecule has 3 aromatic rings. The number of halogens is 1. The molecule has 8 nitrogen and oxygen atoms in total. The summed E-state index contributed by atoms with van der Waals surface area (Å²) < 4.78 is 0.